The molecule has 4 nitrogen and oxygen atoms in total. The summed E-state index contributed by atoms with van der Waals surface area (Å²) < 4.78 is 30.2. The van der Waals surface area contributed by atoms with Crippen molar-refractivity contribution in [2.45, 2.75) is 30.9 Å². The average molecular weight is 283 g/mol. The molecule has 2 rings (SSSR count). The van der Waals surface area contributed by atoms with Crippen molar-refractivity contribution in [2.24, 2.45) is 5.73 Å². The summed E-state index contributed by atoms with van der Waals surface area (Å²) >= 11 is 0. The Bertz CT molecular complexity index is 527. The van der Waals surface area contributed by atoms with Crippen molar-refractivity contribution in [3.8, 4) is 5.75 Å². The monoisotopic (exact) mass is 283 g/mol. The topological polar surface area (TPSA) is 69.4 Å². The predicted octanol–water partition coefficient (Wildman–Crippen LogP) is 1.70. The Morgan fingerprint density at radius 2 is 2.16 bits per heavy atom. The van der Waals surface area contributed by atoms with Gasteiger partial charge in [0.25, 0.3) is 0 Å². The molecule has 0 aliphatic carbocycles. The number of sulfone groups is 1. The van der Waals surface area contributed by atoms with Crippen LogP contribution in [0, 0.1) is 0 Å². The van der Waals surface area contributed by atoms with E-state index in [2.05, 4.69) is 0 Å². The standard InChI is InChI=1S/C14H21NO3S/c1-11(6-8-15)19(16,17)10-12-7-9-18-14-5-3-2-4-13(12)14/h2-5,11-12H,6-10,15H2,1H3. The minimum absolute atomic E-state index is 0.0372. The van der Waals surface area contributed by atoms with Crippen molar-refractivity contribution in [3.05, 3.63) is 29.8 Å². The van der Waals surface area contributed by atoms with Crippen molar-refractivity contribution in [1.29, 1.82) is 0 Å². The summed E-state index contributed by atoms with van der Waals surface area (Å²) in [7, 11) is -3.10. The molecule has 1 aromatic carbocycles. The second-order valence-electron chi connectivity index (χ2n) is 5.09. The van der Waals surface area contributed by atoms with Crippen LogP contribution in [0.1, 0.15) is 31.2 Å². The zero-order valence-electron chi connectivity index (χ0n) is 11.2. The Morgan fingerprint density at radius 3 is 2.89 bits per heavy atom. The number of ether oxygens (including phenoxy) is 1. The number of hydrogen-bond acceptors (Lipinski definition) is 4. The molecule has 0 amide bonds. The molecule has 2 atom stereocenters. The molecule has 0 bridgehead atoms. The third kappa shape index (κ3) is 3.28. The van der Waals surface area contributed by atoms with Crippen LogP contribution in [0.2, 0.25) is 0 Å². The molecule has 2 N–H and O–H groups in total. The molecule has 0 saturated heterocycles. The van der Waals surface area contributed by atoms with Crippen LogP contribution < -0.4 is 10.5 Å². The Labute approximate surface area is 114 Å². The van der Waals surface area contributed by atoms with Gasteiger partial charge >= 0.3 is 0 Å². The molecule has 0 saturated carbocycles. The number of benzene rings is 1. The maximum atomic E-state index is 12.3. The predicted molar refractivity (Wildman–Crippen MR) is 76.2 cm³/mol. The number of rotatable bonds is 5. The molecule has 2 unspecified atom stereocenters. The quantitative estimate of drug-likeness (QED) is 0.893. The normalized spacial score (nSPS) is 20.4. The van der Waals surface area contributed by atoms with Gasteiger partial charge in [0.15, 0.2) is 9.84 Å². The summed E-state index contributed by atoms with van der Waals surface area (Å²) in [6, 6.07) is 7.70. The van der Waals surface area contributed by atoms with Crippen LogP contribution in [0.4, 0.5) is 0 Å². The summed E-state index contributed by atoms with van der Waals surface area (Å²) in [5, 5.41) is -0.368. The van der Waals surface area contributed by atoms with Crippen LogP contribution in [0.15, 0.2) is 24.3 Å². The molecule has 19 heavy (non-hydrogen) atoms. The van der Waals surface area contributed by atoms with Gasteiger partial charge in [-0.1, -0.05) is 18.2 Å². The smallest absolute Gasteiger partial charge is 0.153 e. The molecule has 1 heterocycles. The van der Waals surface area contributed by atoms with E-state index in [4.69, 9.17) is 10.5 Å². The molecule has 1 aliphatic rings. The van der Waals surface area contributed by atoms with Gasteiger partial charge in [-0.2, -0.15) is 0 Å². The van der Waals surface area contributed by atoms with Gasteiger partial charge in [-0.3, -0.25) is 0 Å². The molecule has 106 valence electrons. The molecule has 0 aromatic heterocycles. The maximum absolute atomic E-state index is 12.3. The van der Waals surface area contributed by atoms with E-state index in [0.717, 1.165) is 17.7 Å². The summed E-state index contributed by atoms with van der Waals surface area (Å²) in [5.74, 6) is 1.05. The lowest BCUT2D eigenvalue weighted by Gasteiger charge is -2.26. The lowest BCUT2D eigenvalue weighted by atomic mass is 9.95. The number of hydrogen-bond donors (Lipinski definition) is 1. The van der Waals surface area contributed by atoms with Gasteiger partial charge in [0.1, 0.15) is 5.75 Å². The molecule has 0 radical (unpaired) electrons. The molecule has 0 spiro atoms. The highest BCUT2D eigenvalue weighted by atomic mass is 32.2. The van der Waals surface area contributed by atoms with Gasteiger partial charge in [0.2, 0.25) is 0 Å². The summed E-state index contributed by atoms with van der Waals surface area (Å²) in [5.41, 5.74) is 6.46. The van der Waals surface area contributed by atoms with Crippen LogP contribution in [0.5, 0.6) is 5.75 Å². The molecule has 1 aromatic rings. The third-order valence-corrected chi connectivity index (χ3v) is 6.03. The SMILES string of the molecule is CC(CCN)S(=O)(=O)CC1CCOc2ccccc21. The summed E-state index contributed by atoms with van der Waals surface area (Å²) in [4.78, 5) is 0. The highest BCUT2D eigenvalue weighted by molar-refractivity contribution is 7.92. The van der Waals surface area contributed by atoms with Gasteiger partial charge in [-0.05, 0) is 37.9 Å². The van der Waals surface area contributed by atoms with E-state index >= 15 is 0 Å². The highest BCUT2D eigenvalue weighted by Gasteiger charge is 2.29. The fourth-order valence-electron chi connectivity index (χ4n) is 2.45. The Balaban J connectivity index is 2.17. The van der Waals surface area contributed by atoms with E-state index in [1.165, 1.54) is 0 Å². The Kier molecular flexibility index (Phi) is 4.47. The van der Waals surface area contributed by atoms with Crippen molar-refractivity contribution < 1.29 is 13.2 Å². The van der Waals surface area contributed by atoms with E-state index in [9.17, 15) is 8.42 Å². The van der Waals surface area contributed by atoms with E-state index in [1.807, 2.05) is 24.3 Å². The first kappa shape index (κ1) is 14.3. The second kappa shape index (κ2) is 5.92. The zero-order chi connectivity index (χ0) is 13.9. The van der Waals surface area contributed by atoms with Crippen molar-refractivity contribution in [2.75, 3.05) is 18.9 Å². The van der Waals surface area contributed by atoms with E-state index in [-0.39, 0.29) is 16.9 Å². The first-order valence-electron chi connectivity index (χ1n) is 6.68. The van der Waals surface area contributed by atoms with Crippen LogP contribution in [-0.2, 0) is 9.84 Å². The van der Waals surface area contributed by atoms with E-state index < -0.39 is 9.84 Å². The first-order valence-corrected chi connectivity index (χ1v) is 8.39. The number of nitrogens with two attached hydrogens (primary N) is 1. The van der Waals surface area contributed by atoms with Crippen LogP contribution >= 0.6 is 0 Å². The van der Waals surface area contributed by atoms with Crippen molar-refractivity contribution in [3.63, 3.8) is 0 Å². The average Bonchev–Trinajstić information content (AvgIpc) is 2.39. The lowest BCUT2D eigenvalue weighted by molar-refractivity contribution is 0.272. The van der Waals surface area contributed by atoms with Crippen LogP contribution in [-0.4, -0.2) is 32.6 Å². The van der Waals surface area contributed by atoms with Crippen molar-refractivity contribution in [1.82, 2.24) is 0 Å². The molecular formula is C14H21NO3S. The minimum Gasteiger partial charge on any atom is -0.493 e. The van der Waals surface area contributed by atoms with Gasteiger partial charge in [-0.25, -0.2) is 8.42 Å². The third-order valence-electron chi connectivity index (χ3n) is 3.70. The summed E-state index contributed by atoms with van der Waals surface area (Å²) in [6.45, 7) is 2.74. The Morgan fingerprint density at radius 1 is 1.42 bits per heavy atom. The first-order chi connectivity index (χ1) is 9.04. The maximum Gasteiger partial charge on any atom is 0.153 e. The zero-order valence-corrected chi connectivity index (χ0v) is 12.0. The van der Waals surface area contributed by atoms with Gasteiger partial charge < -0.3 is 10.5 Å². The number of para-hydroxylation sites is 1. The molecule has 5 heteroatoms. The largest absolute Gasteiger partial charge is 0.493 e. The van der Waals surface area contributed by atoms with Gasteiger partial charge in [-0.15, -0.1) is 0 Å². The molecular weight excluding hydrogens is 262 g/mol. The summed E-state index contributed by atoms with van der Waals surface area (Å²) in [6.07, 6.45) is 1.28. The second-order valence-corrected chi connectivity index (χ2v) is 7.55. The van der Waals surface area contributed by atoms with Crippen LogP contribution in [0.3, 0.4) is 0 Å². The van der Waals surface area contributed by atoms with E-state index in [1.54, 1.807) is 6.92 Å². The molecule has 0 fully saturated rings. The van der Waals surface area contributed by atoms with Gasteiger partial charge in [0, 0.05) is 5.92 Å². The Hall–Kier alpha value is -1.07. The van der Waals surface area contributed by atoms with E-state index in [0.29, 0.717) is 19.6 Å². The minimum atomic E-state index is -3.10. The van der Waals surface area contributed by atoms with Crippen molar-refractivity contribution >= 4 is 9.84 Å². The highest BCUT2D eigenvalue weighted by Crippen LogP contribution is 2.34. The lowest BCUT2D eigenvalue weighted by Crippen LogP contribution is -2.29. The van der Waals surface area contributed by atoms with Gasteiger partial charge in [0.05, 0.1) is 17.6 Å². The fraction of sp³-hybridized carbons (Fsp3) is 0.571. The molecule has 1 aliphatic heterocycles. The van der Waals surface area contributed by atoms with Crippen LogP contribution in [0.25, 0.3) is 0 Å². The number of fused-ring (bicyclic) bond motifs is 1. The fourth-order valence-corrected chi connectivity index (χ4v) is 4.18.